The van der Waals surface area contributed by atoms with E-state index in [9.17, 15) is 13.2 Å². The second-order valence-corrected chi connectivity index (χ2v) is 8.15. The van der Waals surface area contributed by atoms with Crippen molar-refractivity contribution in [1.29, 1.82) is 0 Å². The first-order chi connectivity index (χ1) is 10.9. The molecule has 2 N–H and O–H groups in total. The van der Waals surface area contributed by atoms with E-state index in [0.29, 0.717) is 19.5 Å². The van der Waals surface area contributed by atoms with E-state index in [1.54, 1.807) is 0 Å². The molecule has 0 radical (unpaired) electrons. The fourth-order valence-corrected chi connectivity index (χ4v) is 4.42. The van der Waals surface area contributed by atoms with Gasteiger partial charge in [0.2, 0.25) is 0 Å². The Hall–Kier alpha value is -1.76. The molecule has 23 heavy (non-hydrogen) atoms. The fourth-order valence-electron chi connectivity index (χ4n) is 2.74. The Morgan fingerprint density at radius 1 is 1.39 bits per heavy atom. The molecule has 1 aromatic carbocycles. The molecule has 1 aromatic rings. The molecular formula is C16H25N3O3S. The van der Waals surface area contributed by atoms with Crippen molar-refractivity contribution in [2.75, 3.05) is 36.0 Å². The average molecular weight is 339 g/mol. The summed E-state index contributed by atoms with van der Waals surface area (Å²) in [6.45, 7) is 6.20. The standard InChI is InChI=1S/C16H25N3O3S/c1-3-19(15-6-4-5-13(2)11-15)9-8-17-16(20)18-14-7-10-23(21,22)12-14/h4-6,11,14H,3,7-10,12H2,1-2H3,(H2,17,18,20)/t14-/m1/s1. The highest BCUT2D eigenvalue weighted by Gasteiger charge is 2.28. The predicted octanol–water partition coefficient (Wildman–Crippen LogP) is 1.31. The van der Waals surface area contributed by atoms with Gasteiger partial charge in [0, 0.05) is 31.4 Å². The van der Waals surface area contributed by atoms with Crippen LogP contribution in [-0.2, 0) is 9.84 Å². The van der Waals surface area contributed by atoms with E-state index in [1.807, 2.05) is 6.07 Å². The van der Waals surface area contributed by atoms with Gasteiger partial charge in [-0.25, -0.2) is 13.2 Å². The van der Waals surface area contributed by atoms with Gasteiger partial charge in [0.25, 0.3) is 0 Å². The Labute approximate surface area is 138 Å². The van der Waals surface area contributed by atoms with E-state index >= 15 is 0 Å². The molecule has 6 nitrogen and oxygen atoms in total. The number of benzene rings is 1. The van der Waals surface area contributed by atoms with Crippen LogP contribution in [0.25, 0.3) is 0 Å². The summed E-state index contributed by atoms with van der Waals surface area (Å²) >= 11 is 0. The molecule has 1 aliphatic heterocycles. The molecule has 1 fully saturated rings. The third kappa shape index (κ3) is 5.42. The lowest BCUT2D eigenvalue weighted by Crippen LogP contribution is -2.45. The molecule has 1 atom stereocenters. The van der Waals surface area contributed by atoms with Crippen molar-refractivity contribution < 1.29 is 13.2 Å². The Bertz CT molecular complexity index is 646. The third-order valence-corrected chi connectivity index (χ3v) is 5.75. The zero-order valence-corrected chi connectivity index (χ0v) is 14.5. The number of amides is 2. The number of nitrogens with one attached hydrogen (secondary N) is 2. The van der Waals surface area contributed by atoms with Crippen LogP contribution in [0.2, 0.25) is 0 Å². The number of aryl methyl sites for hydroxylation is 1. The summed E-state index contributed by atoms with van der Waals surface area (Å²) in [6.07, 6.45) is 0.500. The second-order valence-electron chi connectivity index (χ2n) is 5.92. The molecule has 2 rings (SSSR count). The maximum absolute atomic E-state index is 11.8. The lowest BCUT2D eigenvalue weighted by molar-refractivity contribution is 0.238. The number of anilines is 1. The van der Waals surface area contributed by atoms with E-state index in [1.165, 1.54) is 5.56 Å². The highest BCUT2D eigenvalue weighted by Crippen LogP contribution is 2.15. The van der Waals surface area contributed by atoms with Crippen LogP contribution >= 0.6 is 0 Å². The number of rotatable bonds is 6. The summed E-state index contributed by atoms with van der Waals surface area (Å²) in [5.74, 6) is 0.208. The SMILES string of the molecule is CCN(CCNC(=O)N[C@@H]1CCS(=O)(=O)C1)c1cccc(C)c1. The van der Waals surface area contributed by atoms with Crippen molar-refractivity contribution in [3.05, 3.63) is 29.8 Å². The summed E-state index contributed by atoms with van der Waals surface area (Å²) in [4.78, 5) is 14.0. The first-order valence-corrected chi connectivity index (χ1v) is 9.78. The summed E-state index contributed by atoms with van der Waals surface area (Å²) in [5, 5.41) is 5.53. The summed E-state index contributed by atoms with van der Waals surface area (Å²) in [7, 11) is -2.97. The number of carbonyl (C=O) groups excluding carboxylic acids is 1. The molecule has 7 heteroatoms. The summed E-state index contributed by atoms with van der Waals surface area (Å²) in [5.41, 5.74) is 2.34. The Kier molecular flexibility index (Phi) is 5.87. The monoisotopic (exact) mass is 339 g/mol. The van der Waals surface area contributed by atoms with Crippen LogP contribution in [0.1, 0.15) is 18.9 Å². The van der Waals surface area contributed by atoms with E-state index in [0.717, 1.165) is 12.2 Å². The minimum absolute atomic E-state index is 0.0464. The van der Waals surface area contributed by atoms with Crippen LogP contribution in [-0.4, -0.2) is 51.6 Å². The van der Waals surface area contributed by atoms with Crippen LogP contribution in [0.15, 0.2) is 24.3 Å². The Balaban J connectivity index is 1.76. The lowest BCUT2D eigenvalue weighted by atomic mass is 10.2. The van der Waals surface area contributed by atoms with Gasteiger partial charge in [0.1, 0.15) is 0 Å². The number of hydrogen-bond donors (Lipinski definition) is 2. The number of hydrogen-bond acceptors (Lipinski definition) is 4. The number of sulfone groups is 1. The normalized spacial score (nSPS) is 19.3. The number of carbonyl (C=O) groups is 1. The maximum Gasteiger partial charge on any atom is 0.315 e. The zero-order chi connectivity index (χ0) is 16.9. The van der Waals surface area contributed by atoms with Crippen LogP contribution in [0.5, 0.6) is 0 Å². The van der Waals surface area contributed by atoms with Crippen LogP contribution in [0.4, 0.5) is 10.5 Å². The Morgan fingerprint density at radius 2 is 2.17 bits per heavy atom. The van der Waals surface area contributed by atoms with Crippen molar-refractivity contribution in [1.82, 2.24) is 10.6 Å². The van der Waals surface area contributed by atoms with Gasteiger partial charge in [0.05, 0.1) is 11.5 Å². The number of likely N-dealkylation sites (N-methyl/N-ethyl adjacent to an activating group) is 1. The van der Waals surface area contributed by atoms with Crippen molar-refractivity contribution in [2.24, 2.45) is 0 Å². The summed E-state index contributed by atoms with van der Waals surface area (Å²) in [6, 6.07) is 7.69. The van der Waals surface area contributed by atoms with Gasteiger partial charge in [-0.2, -0.15) is 0 Å². The van der Waals surface area contributed by atoms with Gasteiger partial charge in [-0.05, 0) is 38.0 Å². The van der Waals surface area contributed by atoms with Gasteiger partial charge in [-0.3, -0.25) is 0 Å². The smallest absolute Gasteiger partial charge is 0.315 e. The molecule has 1 heterocycles. The van der Waals surface area contributed by atoms with E-state index in [-0.39, 0.29) is 23.6 Å². The van der Waals surface area contributed by atoms with E-state index in [4.69, 9.17) is 0 Å². The van der Waals surface area contributed by atoms with Crippen molar-refractivity contribution >= 4 is 21.6 Å². The molecule has 0 aromatic heterocycles. The fraction of sp³-hybridized carbons (Fsp3) is 0.562. The molecule has 0 unspecified atom stereocenters. The third-order valence-electron chi connectivity index (χ3n) is 3.98. The van der Waals surface area contributed by atoms with Crippen molar-refractivity contribution in [3.63, 3.8) is 0 Å². The van der Waals surface area contributed by atoms with Gasteiger partial charge in [-0.15, -0.1) is 0 Å². The minimum Gasteiger partial charge on any atom is -0.370 e. The molecule has 0 saturated carbocycles. The zero-order valence-electron chi connectivity index (χ0n) is 13.7. The Morgan fingerprint density at radius 3 is 2.78 bits per heavy atom. The lowest BCUT2D eigenvalue weighted by Gasteiger charge is -2.24. The minimum atomic E-state index is -2.97. The van der Waals surface area contributed by atoms with Crippen molar-refractivity contribution in [2.45, 2.75) is 26.3 Å². The summed E-state index contributed by atoms with van der Waals surface area (Å²) < 4.78 is 22.7. The van der Waals surface area contributed by atoms with Crippen LogP contribution in [0, 0.1) is 6.92 Å². The molecule has 0 spiro atoms. The second kappa shape index (κ2) is 7.68. The van der Waals surface area contributed by atoms with Gasteiger partial charge < -0.3 is 15.5 Å². The molecule has 0 aliphatic carbocycles. The van der Waals surface area contributed by atoms with E-state index in [2.05, 4.69) is 47.6 Å². The van der Waals surface area contributed by atoms with Gasteiger partial charge >= 0.3 is 6.03 Å². The molecule has 2 amide bonds. The van der Waals surface area contributed by atoms with E-state index < -0.39 is 9.84 Å². The van der Waals surface area contributed by atoms with Crippen LogP contribution in [0.3, 0.4) is 0 Å². The van der Waals surface area contributed by atoms with Gasteiger partial charge in [-0.1, -0.05) is 12.1 Å². The van der Waals surface area contributed by atoms with Crippen LogP contribution < -0.4 is 15.5 Å². The van der Waals surface area contributed by atoms with Gasteiger partial charge in [0.15, 0.2) is 9.84 Å². The first kappa shape index (κ1) is 17.6. The first-order valence-electron chi connectivity index (χ1n) is 7.96. The number of urea groups is 1. The predicted molar refractivity (Wildman–Crippen MR) is 92.7 cm³/mol. The molecule has 128 valence electrons. The largest absolute Gasteiger partial charge is 0.370 e. The highest BCUT2D eigenvalue weighted by molar-refractivity contribution is 7.91. The molecule has 1 saturated heterocycles. The average Bonchev–Trinajstić information content (AvgIpc) is 2.82. The molecule has 0 bridgehead atoms. The molecule has 1 aliphatic rings. The topological polar surface area (TPSA) is 78.5 Å². The van der Waals surface area contributed by atoms with Crippen molar-refractivity contribution in [3.8, 4) is 0 Å². The quantitative estimate of drug-likeness (QED) is 0.819. The highest BCUT2D eigenvalue weighted by atomic mass is 32.2. The number of nitrogens with zero attached hydrogens (tertiary/aromatic N) is 1. The maximum atomic E-state index is 11.8. The molecular weight excluding hydrogens is 314 g/mol.